The van der Waals surface area contributed by atoms with Gasteiger partial charge in [0, 0.05) is 18.1 Å². The summed E-state index contributed by atoms with van der Waals surface area (Å²) < 4.78 is 0. The van der Waals surface area contributed by atoms with Gasteiger partial charge in [0.15, 0.2) is 0 Å². The molecule has 2 saturated heterocycles. The minimum atomic E-state index is 0.471. The Labute approximate surface area is 100.0 Å². The first-order valence-electron chi connectivity index (χ1n) is 6.99. The van der Waals surface area contributed by atoms with E-state index >= 15 is 0 Å². The van der Waals surface area contributed by atoms with Gasteiger partial charge in [-0.05, 0) is 71.5 Å². The van der Waals surface area contributed by atoms with Crippen molar-refractivity contribution >= 4 is 0 Å². The van der Waals surface area contributed by atoms with Crippen molar-refractivity contribution in [3.8, 4) is 0 Å². The van der Waals surface area contributed by atoms with E-state index < -0.39 is 0 Å². The molecule has 0 bridgehead atoms. The Morgan fingerprint density at radius 2 is 1.88 bits per heavy atom. The van der Waals surface area contributed by atoms with E-state index in [1.54, 1.807) is 0 Å². The van der Waals surface area contributed by atoms with E-state index in [2.05, 4.69) is 30.7 Å². The smallest absolute Gasteiger partial charge is 0.0170 e. The molecule has 2 heterocycles. The molecule has 2 atom stereocenters. The molecule has 2 aliphatic heterocycles. The summed E-state index contributed by atoms with van der Waals surface area (Å²) in [6.07, 6.45) is 7.19. The van der Waals surface area contributed by atoms with Gasteiger partial charge in [0.1, 0.15) is 0 Å². The van der Waals surface area contributed by atoms with Gasteiger partial charge in [-0.15, -0.1) is 0 Å². The van der Waals surface area contributed by atoms with Crippen LogP contribution < -0.4 is 0 Å². The van der Waals surface area contributed by atoms with Crippen LogP contribution in [0.2, 0.25) is 0 Å². The zero-order valence-corrected chi connectivity index (χ0v) is 11.1. The molecular formula is C14H26N2. The molecule has 0 N–H and O–H groups in total. The Balaban J connectivity index is 1.76. The number of hydrogen-bond acceptors (Lipinski definition) is 2. The summed E-state index contributed by atoms with van der Waals surface area (Å²) in [5.41, 5.74) is 1.15. The fourth-order valence-corrected chi connectivity index (χ4v) is 4.46. The summed E-state index contributed by atoms with van der Waals surface area (Å²) in [4.78, 5) is 5.38. The predicted molar refractivity (Wildman–Crippen MR) is 67.6 cm³/mol. The Hall–Kier alpha value is -0.0800. The first-order valence-corrected chi connectivity index (χ1v) is 6.99. The minimum Gasteiger partial charge on any atom is -0.306 e. The van der Waals surface area contributed by atoms with Crippen molar-refractivity contribution in [3.63, 3.8) is 0 Å². The summed E-state index contributed by atoms with van der Waals surface area (Å²) in [6.45, 7) is 8.92. The van der Waals surface area contributed by atoms with Crippen LogP contribution in [0.1, 0.15) is 46.0 Å². The molecule has 3 fully saturated rings. The molecule has 1 spiro atoms. The molecule has 0 radical (unpaired) electrons. The number of likely N-dealkylation sites (tertiary alicyclic amines) is 2. The molecule has 2 heteroatoms. The SMILES string of the molecule is CN1CCC2(CCC2N2CCCC2(C)C)C1. The van der Waals surface area contributed by atoms with E-state index in [0.717, 1.165) is 6.04 Å². The third-order valence-corrected chi connectivity index (χ3v) is 5.54. The van der Waals surface area contributed by atoms with Crippen LogP contribution in [0.15, 0.2) is 0 Å². The van der Waals surface area contributed by atoms with E-state index in [1.165, 1.54) is 51.7 Å². The van der Waals surface area contributed by atoms with Crippen LogP contribution in [-0.2, 0) is 0 Å². The van der Waals surface area contributed by atoms with Gasteiger partial charge in [-0.3, -0.25) is 4.90 Å². The van der Waals surface area contributed by atoms with Crippen LogP contribution in [-0.4, -0.2) is 48.1 Å². The van der Waals surface area contributed by atoms with Gasteiger partial charge in [-0.1, -0.05) is 0 Å². The quantitative estimate of drug-likeness (QED) is 0.672. The number of rotatable bonds is 1. The second kappa shape index (κ2) is 3.46. The maximum Gasteiger partial charge on any atom is 0.0170 e. The second-order valence-electron chi connectivity index (χ2n) is 7.01. The van der Waals surface area contributed by atoms with E-state index in [1.807, 2.05) is 0 Å². The van der Waals surface area contributed by atoms with Crippen LogP contribution in [0, 0.1) is 5.41 Å². The van der Waals surface area contributed by atoms with Crippen LogP contribution in [0.4, 0.5) is 0 Å². The minimum absolute atomic E-state index is 0.471. The number of nitrogens with zero attached hydrogens (tertiary/aromatic N) is 2. The second-order valence-corrected chi connectivity index (χ2v) is 7.01. The predicted octanol–water partition coefficient (Wildman–Crippen LogP) is 2.35. The molecule has 2 nitrogen and oxygen atoms in total. The average molecular weight is 222 g/mol. The normalized spacial score (nSPS) is 44.1. The Morgan fingerprint density at radius 3 is 2.31 bits per heavy atom. The molecular weight excluding hydrogens is 196 g/mol. The Bertz CT molecular complexity index is 286. The van der Waals surface area contributed by atoms with Gasteiger partial charge in [0.25, 0.3) is 0 Å². The Kier molecular flexibility index (Phi) is 2.38. The molecule has 3 rings (SSSR count). The molecule has 1 saturated carbocycles. The lowest BCUT2D eigenvalue weighted by molar-refractivity contribution is -0.0475. The lowest BCUT2D eigenvalue weighted by atomic mass is 9.62. The topological polar surface area (TPSA) is 6.48 Å². The van der Waals surface area contributed by atoms with Crippen LogP contribution in [0.3, 0.4) is 0 Å². The molecule has 2 unspecified atom stereocenters. The van der Waals surface area contributed by atoms with Crippen LogP contribution >= 0.6 is 0 Å². The standard InChI is InChI=1S/C14H26N2/c1-13(2)6-4-9-16(13)12-5-7-14(12)8-10-15(3)11-14/h12H,4-11H2,1-3H3. The van der Waals surface area contributed by atoms with Crippen LogP contribution in [0.5, 0.6) is 0 Å². The zero-order chi connectivity index (χ0) is 11.4. The zero-order valence-electron chi connectivity index (χ0n) is 11.1. The molecule has 1 aliphatic carbocycles. The summed E-state index contributed by atoms with van der Waals surface area (Å²) >= 11 is 0. The van der Waals surface area contributed by atoms with Gasteiger partial charge in [0.2, 0.25) is 0 Å². The third-order valence-electron chi connectivity index (χ3n) is 5.54. The summed E-state index contributed by atoms with van der Waals surface area (Å²) in [7, 11) is 2.29. The van der Waals surface area contributed by atoms with Crippen molar-refractivity contribution in [2.45, 2.75) is 57.5 Å². The molecule has 0 aromatic heterocycles. The highest BCUT2D eigenvalue weighted by atomic mass is 15.3. The fourth-order valence-electron chi connectivity index (χ4n) is 4.46. The summed E-state index contributed by atoms with van der Waals surface area (Å²) in [5, 5.41) is 0. The molecule has 0 aromatic carbocycles. The van der Waals surface area contributed by atoms with Crippen molar-refractivity contribution < 1.29 is 0 Å². The first kappa shape index (κ1) is 11.0. The maximum absolute atomic E-state index is 2.84. The number of hydrogen-bond donors (Lipinski definition) is 0. The highest BCUT2D eigenvalue weighted by molar-refractivity contribution is 5.09. The third kappa shape index (κ3) is 1.46. The van der Waals surface area contributed by atoms with Crippen molar-refractivity contribution in [2.24, 2.45) is 5.41 Å². The van der Waals surface area contributed by atoms with Crippen molar-refractivity contribution in [1.29, 1.82) is 0 Å². The monoisotopic (exact) mass is 222 g/mol. The average Bonchev–Trinajstić information content (AvgIpc) is 2.72. The molecule has 3 aliphatic rings. The van der Waals surface area contributed by atoms with E-state index in [-0.39, 0.29) is 0 Å². The largest absolute Gasteiger partial charge is 0.306 e. The van der Waals surface area contributed by atoms with Crippen LogP contribution in [0.25, 0.3) is 0 Å². The molecule has 0 amide bonds. The van der Waals surface area contributed by atoms with Gasteiger partial charge in [-0.25, -0.2) is 0 Å². The fraction of sp³-hybridized carbons (Fsp3) is 1.00. The van der Waals surface area contributed by atoms with Crippen molar-refractivity contribution in [1.82, 2.24) is 9.80 Å². The highest BCUT2D eigenvalue weighted by Crippen LogP contribution is 2.53. The maximum atomic E-state index is 2.84. The summed E-state index contributed by atoms with van der Waals surface area (Å²) in [5.74, 6) is 0. The van der Waals surface area contributed by atoms with Crippen molar-refractivity contribution in [3.05, 3.63) is 0 Å². The lowest BCUT2D eigenvalue weighted by Gasteiger charge is -2.55. The van der Waals surface area contributed by atoms with E-state index in [0.29, 0.717) is 11.0 Å². The highest BCUT2D eigenvalue weighted by Gasteiger charge is 2.55. The van der Waals surface area contributed by atoms with Gasteiger partial charge in [0.05, 0.1) is 0 Å². The van der Waals surface area contributed by atoms with Gasteiger partial charge < -0.3 is 4.90 Å². The molecule has 92 valence electrons. The van der Waals surface area contributed by atoms with E-state index in [9.17, 15) is 0 Å². The lowest BCUT2D eigenvalue weighted by Crippen LogP contribution is -2.60. The summed E-state index contributed by atoms with van der Waals surface area (Å²) in [6, 6.07) is 0.898. The first-order chi connectivity index (χ1) is 7.54. The van der Waals surface area contributed by atoms with Crippen molar-refractivity contribution in [2.75, 3.05) is 26.7 Å². The Morgan fingerprint density at radius 1 is 1.06 bits per heavy atom. The van der Waals surface area contributed by atoms with Gasteiger partial charge in [-0.2, -0.15) is 0 Å². The van der Waals surface area contributed by atoms with Gasteiger partial charge >= 0.3 is 0 Å². The molecule has 0 aromatic rings. The van der Waals surface area contributed by atoms with E-state index in [4.69, 9.17) is 0 Å². The molecule has 16 heavy (non-hydrogen) atoms.